The van der Waals surface area contributed by atoms with Crippen molar-refractivity contribution in [3.05, 3.63) is 118 Å². The molecule has 2 heterocycles. The summed E-state index contributed by atoms with van der Waals surface area (Å²) in [5.74, 6) is 1.73. The molecule has 0 bridgehead atoms. The lowest BCUT2D eigenvalue weighted by Gasteiger charge is -2.12. The lowest BCUT2D eigenvalue weighted by molar-refractivity contribution is -0.122. The molecule has 9 heteroatoms. The van der Waals surface area contributed by atoms with Crippen LogP contribution in [0.5, 0.6) is 17.2 Å². The molecule has 1 aromatic heterocycles. The van der Waals surface area contributed by atoms with Crippen molar-refractivity contribution < 1.29 is 19.1 Å². The minimum atomic E-state index is -0.284. The Morgan fingerprint density at radius 3 is 2.65 bits per heavy atom. The Morgan fingerprint density at radius 1 is 1.00 bits per heavy atom. The molecular weight excluding hydrogens is 510 g/mol. The van der Waals surface area contributed by atoms with Gasteiger partial charge in [-0.2, -0.15) is 5.10 Å². The van der Waals surface area contributed by atoms with Crippen molar-refractivity contribution in [2.45, 2.75) is 6.54 Å². The fraction of sp³-hybridized carbons (Fsp3) is 0.0357. The van der Waals surface area contributed by atoms with Gasteiger partial charge in [-0.1, -0.05) is 41.9 Å². The Morgan fingerprint density at radius 2 is 1.84 bits per heavy atom. The highest BCUT2D eigenvalue weighted by atomic mass is 35.5. The number of halogens is 1. The summed E-state index contributed by atoms with van der Waals surface area (Å²) in [5, 5.41) is 19.6. The smallest absolute Gasteiger partial charge is 0.267 e. The van der Waals surface area contributed by atoms with Crippen molar-refractivity contribution in [3.63, 3.8) is 0 Å². The van der Waals surface area contributed by atoms with E-state index in [0.717, 1.165) is 23.1 Å². The molecule has 1 saturated heterocycles. The molecule has 1 amide bonds. The first-order chi connectivity index (χ1) is 18.0. The third kappa shape index (κ3) is 6.11. The highest BCUT2D eigenvalue weighted by molar-refractivity contribution is 8.18. The Labute approximate surface area is 222 Å². The van der Waals surface area contributed by atoms with Crippen LogP contribution in [0.1, 0.15) is 16.9 Å². The average molecular weight is 530 g/mol. The number of thioether (sulfide) groups is 1. The van der Waals surface area contributed by atoms with Gasteiger partial charge in [0.1, 0.15) is 23.0 Å². The van der Waals surface area contributed by atoms with Crippen molar-refractivity contribution in [2.24, 2.45) is 10.2 Å². The second-order valence-electron chi connectivity index (χ2n) is 7.90. The number of furan rings is 1. The number of phenols is 1. The van der Waals surface area contributed by atoms with Crippen LogP contribution in [0.15, 0.2) is 111 Å². The van der Waals surface area contributed by atoms with E-state index in [0.29, 0.717) is 32.2 Å². The summed E-state index contributed by atoms with van der Waals surface area (Å²) in [7, 11) is 0. The van der Waals surface area contributed by atoms with Gasteiger partial charge in [0.05, 0.1) is 23.9 Å². The van der Waals surface area contributed by atoms with E-state index in [9.17, 15) is 9.90 Å². The van der Waals surface area contributed by atoms with Gasteiger partial charge in [-0.25, -0.2) is 0 Å². The van der Waals surface area contributed by atoms with Gasteiger partial charge in [-0.15, -0.1) is 5.10 Å². The summed E-state index contributed by atoms with van der Waals surface area (Å²) in [6.45, 7) is 0.187. The molecule has 184 valence electrons. The maximum absolute atomic E-state index is 13.2. The van der Waals surface area contributed by atoms with Crippen LogP contribution in [0.4, 0.5) is 0 Å². The molecule has 0 saturated carbocycles. The fourth-order valence-corrected chi connectivity index (χ4v) is 4.60. The number of amidine groups is 1. The molecule has 5 rings (SSSR count). The van der Waals surface area contributed by atoms with Crippen LogP contribution in [0.25, 0.3) is 6.08 Å². The zero-order valence-electron chi connectivity index (χ0n) is 19.3. The summed E-state index contributed by atoms with van der Waals surface area (Å²) in [4.78, 5) is 15.1. The van der Waals surface area contributed by atoms with Gasteiger partial charge in [0.2, 0.25) is 0 Å². The Bertz CT molecular complexity index is 1500. The number of aromatic hydroxyl groups is 1. The van der Waals surface area contributed by atoms with E-state index in [1.165, 1.54) is 11.0 Å². The van der Waals surface area contributed by atoms with E-state index in [4.69, 9.17) is 20.8 Å². The maximum Gasteiger partial charge on any atom is 0.267 e. The van der Waals surface area contributed by atoms with Crippen LogP contribution in [-0.4, -0.2) is 27.3 Å². The molecule has 7 nitrogen and oxygen atoms in total. The van der Waals surface area contributed by atoms with Crippen LogP contribution in [0.3, 0.4) is 0 Å². The van der Waals surface area contributed by atoms with E-state index < -0.39 is 0 Å². The number of phenolic OH excluding ortho intramolecular Hbond substituents is 1. The molecule has 0 unspecified atom stereocenters. The van der Waals surface area contributed by atoms with Gasteiger partial charge >= 0.3 is 0 Å². The lowest BCUT2D eigenvalue weighted by Crippen LogP contribution is -2.28. The Hall–Kier alpha value is -4.27. The predicted molar refractivity (Wildman–Crippen MR) is 146 cm³/mol. The summed E-state index contributed by atoms with van der Waals surface area (Å²) in [5.41, 5.74) is 1.21. The van der Waals surface area contributed by atoms with Crippen LogP contribution in [0, 0.1) is 0 Å². The molecule has 0 spiro atoms. The zero-order chi connectivity index (χ0) is 25.6. The summed E-state index contributed by atoms with van der Waals surface area (Å²) < 4.78 is 11.3. The molecule has 4 aromatic rings. The zero-order valence-corrected chi connectivity index (χ0v) is 20.9. The van der Waals surface area contributed by atoms with E-state index in [1.807, 2.05) is 54.6 Å². The molecular formula is C28H20ClN3O4S. The topological polar surface area (TPSA) is 87.6 Å². The number of carbonyl (C=O) groups is 1. The summed E-state index contributed by atoms with van der Waals surface area (Å²) in [6.07, 6.45) is 4.72. The number of nitrogens with zero attached hydrogens (tertiary/aromatic N) is 3. The highest BCUT2D eigenvalue weighted by Gasteiger charge is 2.34. The number of hydrogen-bond acceptors (Lipinski definition) is 7. The molecule has 1 aliphatic rings. The van der Waals surface area contributed by atoms with Crippen molar-refractivity contribution in [3.8, 4) is 17.2 Å². The van der Waals surface area contributed by atoms with Crippen molar-refractivity contribution in [1.82, 2.24) is 4.90 Å². The van der Waals surface area contributed by atoms with Gasteiger partial charge in [0, 0.05) is 10.6 Å². The molecule has 1 N–H and O–H groups in total. The Kier molecular flexibility index (Phi) is 7.39. The first kappa shape index (κ1) is 24.4. The number of rotatable bonds is 7. The standard InChI is InChI=1S/C28H20ClN3O4S/c29-21-11-12-25(33)20(15-21)16-26-27(34)32(18-24-10-5-13-35-24)28(37-26)31-30-17-19-6-4-9-23(14-19)36-22-7-2-1-3-8-22/h1-17,33H,18H2/b26-16-,30-17+,31-28-. The van der Waals surface area contributed by atoms with E-state index in [1.54, 1.807) is 42.8 Å². The van der Waals surface area contributed by atoms with Crippen molar-refractivity contribution in [2.75, 3.05) is 0 Å². The fourth-order valence-electron chi connectivity index (χ4n) is 3.49. The second-order valence-corrected chi connectivity index (χ2v) is 9.34. The molecule has 37 heavy (non-hydrogen) atoms. The average Bonchev–Trinajstić information content (AvgIpc) is 3.51. The quantitative estimate of drug-likeness (QED) is 0.159. The number of hydrogen-bond donors (Lipinski definition) is 1. The summed E-state index contributed by atoms with van der Waals surface area (Å²) in [6, 6.07) is 25.1. The minimum absolute atomic E-state index is 0.0175. The van der Waals surface area contributed by atoms with Crippen LogP contribution >= 0.6 is 23.4 Å². The van der Waals surface area contributed by atoms with Gasteiger partial charge in [0.15, 0.2) is 5.17 Å². The summed E-state index contributed by atoms with van der Waals surface area (Å²) >= 11 is 7.22. The normalized spacial score (nSPS) is 15.8. The first-order valence-corrected chi connectivity index (χ1v) is 12.4. The lowest BCUT2D eigenvalue weighted by atomic mass is 10.2. The van der Waals surface area contributed by atoms with Crippen LogP contribution in [-0.2, 0) is 11.3 Å². The largest absolute Gasteiger partial charge is 0.507 e. The molecule has 0 atom stereocenters. The van der Waals surface area contributed by atoms with Gasteiger partial charge < -0.3 is 14.3 Å². The number of ether oxygens (including phenoxy) is 1. The van der Waals surface area contributed by atoms with Crippen molar-refractivity contribution >= 4 is 46.7 Å². The van der Waals surface area contributed by atoms with Crippen molar-refractivity contribution in [1.29, 1.82) is 0 Å². The minimum Gasteiger partial charge on any atom is -0.507 e. The molecule has 1 fully saturated rings. The monoisotopic (exact) mass is 529 g/mol. The highest BCUT2D eigenvalue weighted by Crippen LogP contribution is 2.35. The molecule has 3 aromatic carbocycles. The maximum atomic E-state index is 13.2. The molecule has 0 aliphatic carbocycles. The molecule has 0 radical (unpaired) electrons. The SMILES string of the molecule is O=C1/C(=C/c2cc(Cl)ccc2O)S/C(=N\N=C\c2cccc(Oc3ccccc3)c2)N1Cc1ccco1. The third-order valence-corrected chi connectivity index (χ3v) is 6.48. The molecule has 1 aliphatic heterocycles. The first-order valence-electron chi connectivity index (χ1n) is 11.2. The van der Waals surface area contributed by atoms with Gasteiger partial charge in [-0.05, 0) is 78.0 Å². The number of carbonyl (C=O) groups excluding carboxylic acids is 1. The van der Waals surface area contributed by atoms with Crippen LogP contribution < -0.4 is 4.74 Å². The van der Waals surface area contributed by atoms with E-state index in [2.05, 4.69) is 10.2 Å². The van der Waals surface area contributed by atoms with E-state index in [-0.39, 0.29) is 18.2 Å². The Balaban J connectivity index is 1.39. The predicted octanol–water partition coefficient (Wildman–Crippen LogP) is 6.94. The van der Waals surface area contributed by atoms with Gasteiger partial charge in [0.25, 0.3) is 5.91 Å². The van der Waals surface area contributed by atoms with E-state index >= 15 is 0 Å². The third-order valence-electron chi connectivity index (χ3n) is 5.25. The number of amides is 1. The van der Waals surface area contributed by atoms with Crippen LogP contribution in [0.2, 0.25) is 5.02 Å². The second kappa shape index (κ2) is 11.2. The van der Waals surface area contributed by atoms with Gasteiger partial charge in [-0.3, -0.25) is 9.69 Å². The number of benzene rings is 3. The number of para-hydroxylation sites is 1.